The predicted octanol–water partition coefficient (Wildman–Crippen LogP) is 4.84. The van der Waals surface area contributed by atoms with Crippen LogP contribution in [0.2, 0.25) is 0 Å². The van der Waals surface area contributed by atoms with Crippen LogP contribution in [-0.4, -0.2) is 31.2 Å². The number of hydrogen-bond acceptors (Lipinski definition) is 5. The lowest BCUT2D eigenvalue weighted by Crippen LogP contribution is -2.27. The lowest BCUT2D eigenvalue weighted by atomic mass is 10.1. The first-order valence-corrected chi connectivity index (χ1v) is 9.93. The lowest BCUT2D eigenvalue weighted by molar-refractivity contribution is 0.0939. The first-order valence-electron chi connectivity index (χ1n) is 9.93. The molecular formula is C24H28N2O4. The topological polar surface area (TPSA) is 69.7 Å². The van der Waals surface area contributed by atoms with Crippen molar-refractivity contribution in [3.05, 3.63) is 59.3 Å². The number of pyridine rings is 1. The Kier molecular flexibility index (Phi) is 6.45. The van der Waals surface area contributed by atoms with E-state index in [1.165, 1.54) is 0 Å². The Morgan fingerprint density at radius 3 is 2.40 bits per heavy atom. The number of aromatic nitrogens is 1. The third kappa shape index (κ3) is 4.64. The van der Waals surface area contributed by atoms with E-state index in [0.29, 0.717) is 22.8 Å². The van der Waals surface area contributed by atoms with E-state index >= 15 is 0 Å². The van der Waals surface area contributed by atoms with Crippen LogP contribution in [-0.2, 0) is 0 Å². The summed E-state index contributed by atoms with van der Waals surface area (Å²) in [4.78, 5) is 17.5. The van der Waals surface area contributed by atoms with E-state index in [-0.39, 0.29) is 18.1 Å². The minimum Gasteiger partial charge on any atom is -0.497 e. The quantitative estimate of drug-likeness (QED) is 0.606. The molecule has 0 spiro atoms. The minimum absolute atomic E-state index is 0.0465. The van der Waals surface area contributed by atoms with Crippen molar-refractivity contribution in [1.29, 1.82) is 0 Å². The SMILES string of the molecule is COc1ccc2cc(C(=O)NC(C)c3ccc(OC(C)C)c(OC)c3)c(C)nc2c1. The largest absolute Gasteiger partial charge is 0.497 e. The van der Waals surface area contributed by atoms with Crippen molar-refractivity contribution in [1.82, 2.24) is 10.3 Å². The van der Waals surface area contributed by atoms with Crippen molar-refractivity contribution in [2.45, 2.75) is 39.8 Å². The number of rotatable bonds is 7. The highest BCUT2D eigenvalue weighted by atomic mass is 16.5. The molecule has 0 saturated heterocycles. The normalized spacial score (nSPS) is 12.0. The highest BCUT2D eigenvalue weighted by Crippen LogP contribution is 2.31. The Hall–Kier alpha value is -3.28. The van der Waals surface area contributed by atoms with Gasteiger partial charge in [-0.2, -0.15) is 0 Å². The molecule has 2 aromatic carbocycles. The summed E-state index contributed by atoms with van der Waals surface area (Å²) >= 11 is 0. The Morgan fingerprint density at radius 1 is 0.967 bits per heavy atom. The molecular weight excluding hydrogens is 380 g/mol. The van der Waals surface area contributed by atoms with Gasteiger partial charge in [-0.1, -0.05) is 6.07 Å². The maximum absolute atomic E-state index is 13.0. The van der Waals surface area contributed by atoms with Gasteiger partial charge in [0.05, 0.1) is 43.1 Å². The van der Waals surface area contributed by atoms with Crippen molar-refractivity contribution in [2.24, 2.45) is 0 Å². The maximum Gasteiger partial charge on any atom is 0.253 e. The minimum atomic E-state index is -0.217. The molecule has 0 aliphatic heterocycles. The number of benzene rings is 2. The fraction of sp³-hybridized carbons (Fsp3) is 0.333. The Morgan fingerprint density at radius 2 is 1.73 bits per heavy atom. The molecule has 30 heavy (non-hydrogen) atoms. The second-order valence-electron chi connectivity index (χ2n) is 7.45. The molecule has 0 aliphatic carbocycles. The molecule has 3 aromatic rings. The zero-order chi connectivity index (χ0) is 21.8. The van der Waals surface area contributed by atoms with Gasteiger partial charge in [-0.05, 0) is 63.6 Å². The van der Waals surface area contributed by atoms with Crippen LogP contribution in [0.3, 0.4) is 0 Å². The standard InChI is InChI=1S/C24H28N2O4/c1-14(2)30-22-10-8-17(12-23(22)29-6)15(3)26-24(27)20-11-18-7-9-19(28-5)13-21(18)25-16(20)4/h7-15H,1-6H3,(H,26,27). The average Bonchev–Trinajstić information content (AvgIpc) is 2.72. The van der Waals surface area contributed by atoms with E-state index in [1.54, 1.807) is 14.2 Å². The number of amides is 1. The predicted molar refractivity (Wildman–Crippen MR) is 118 cm³/mol. The number of carbonyl (C=O) groups is 1. The summed E-state index contributed by atoms with van der Waals surface area (Å²) in [5.74, 6) is 1.88. The van der Waals surface area contributed by atoms with Crippen LogP contribution >= 0.6 is 0 Å². The average molecular weight is 408 g/mol. The lowest BCUT2D eigenvalue weighted by Gasteiger charge is -2.19. The second kappa shape index (κ2) is 9.03. The summed E-state index contributed by atoms with van der Waals surface area (Å²) in [5.41, 5.74) is 2.93. The Labute approximate surface area is 177 Å². The molecule has 6 nitrogen and oxygen atoms in total. The third-order valence-electron chi connectivity index (χ3n) is 4.86. The van der Waals surface area contributed by atoms with Crippen LogP contribution in [0.25, 0.3) is 10.9 Å². The zero-order valence-corrected chi connectivity index (χ0v) is 18.3. The smallest absolute Gasteiger partial charge is 0.253 e. The first kappa shape index (κ1) is 21.4. The Bertz CT molecular complexity index is 1060. The second-order valence-corrected chi connectivity index (χ2v) is 7.45. The van der Waals surface area contributed by atoms with Crippen LogP contribution in [0.5, 0.6) is 17.2 Å². The number of fused-ring (bicyclic) bond motifs is 1. The fourth-order valence-corrected chi connectivity index (χ4v) is 3.26. The highest BCUT2D eigenvalue weighted by Gasteiger charge is 2.17. The molecule has 1 N–H and O–H groups in total. The van der Waals surface area contributed by atoms with Gasteiger partial charge in [0.1, 0.15) is 5.75 Å². The number of ether oxygens (including phenoxy) is 3. The summed E-state index contributed by atoms with van der Waals surface area (Å²) in [6, 6.07) is 13.0. The van der Waals surface area contributed by atoms with Gasteiger partial charge < -0.3 is 19.5 Å². The summed E-state index contributed by atoms with van der Waals surface area (Å²) in [7, 11) is 3.22. The number of aryl methyl sites for hydroxylation is 1. The third-order valence-corrected chi connectivity index (χ3v) is 4.86. The number of hydrogen-bond donors (Lipinski definition) is 1. The number of nitrogens with zero attached hydrogens (tertiary/aromatic N) is 1. The van der Waals surface area contributed by atoms with Crippen molar-refractivity contribution < 1.29 is 19.0 Å². The zero-order valence-electron chi connectivity index (χ0n) is 18.3. The Balaban J connectivity index is 1.82. The van der Waals surface area contributed by atoms with Crippen molar-refractivity contribution in [2.75, 3.05) is 14.2 Å². The van der Waals surface area contributed by atoms with Gasteiger partial charge in [-0.25, -0.2) is 0 Å². The molecule has 0 bridgehead atoms. The van der Waals surface area contributed by atoms with E-state index in [2.05, 4.69) is 10.3 Å². The van der Waals surface area contributed by atoms with Gasteiger partial charge >= 0.3 is 0 Å². The van der Waals surface area contributed by atoms with Crippen LogP contribution in [0.1, 0.15) is 48.4 Å². The van der Waals surface area contributed by atoms with Crippen LogP contribution in [0.15, 0.2) is 42.5 Å². The molecule has 0 aliphatic rings. The molecule has 1 heterocycles. The van der Waals surface area contributed by atoms with Gasteiger partial charge in [0.15, 0.2) is 11.5 Å². The number of methoxy groups -OCH3 is 2. The summed E-state index contributed by atoms with van der Waals surface area (Å²) in [6.07, 6.45) is 0.0465. The number of carbonyl (C=O) groups excluding carboxylic acids is 1. The molecule has 1 unspecified atom stereocenters. The summed E-state index contributed by atoms with van der Waals surface area (Å²) in [6.45, 7) is 7.70. The van der Waals surface area contributed by atoms with E-state index in [9.17, 15) is 4.79 Å². The monoisotopic (exact) mass is 408 g/mol. The van der Waals surface area contributed by atoms with Crippen LogP contribution in [0, 0.1) is 6.92 Å². The van der Waals surface area contributed by atoms with Crippen LogP contribution in [0.4, 0.5) is 0 Å². The maximum atomic E-state index is 13.0. The van der Waals surface area contributed by atoms with Gasteiger partial charge in [0, 0.05) is 11.5 Å². The van der Waals surface area contributed by atoms with Gasteiger partial charge in [-0.3, -0.25) is 9.78 Å². The molecule has 0 radical (unpaired) electrons. The number of nitrogens with one attached hydrogen (secondary N) is 1. The first-order chi connectivity index (χ1) is 14.3. The molecule has 1 aromatic heterocycles. The molecule has 158 valence electrons. The van der Waals surface area contributed by atoms with Crippen LogP contribution < -0.4 is 19.5 Å². The summed E-state index contributed by atoms with van der Waals surface area (Å²) < 4.78 is 16.5. The van der Waals surface area contributed by atoms with Gasteiger partial charge in [-0.15, -0.1) is 0 Å². The van der Waals surface area contributed by atoms with Crippen molar-refractivity contribution in [3.63, 3.8) is 0 Å². The molecule has 3 rings (SSSR count). The molecule has 0 saturated carbocycles. The van der Waals surface area contributed by atoms with E-state index in [1.807, 2.05) is 70.2 Å². The van der Waals surface area contributed by atoms with E-state index in [0.717, 1.165) is 22.2 Å². The van der Waals surface area contributed by atoms with Crippen molar-refractivity contribution >= 4 is 16.8 Å². The highest BCUT2D eigenvalue weighted by molar-refractivity contribution is 5.99. The summed E-state index contributed by atoms with van der Waals surface area (Å²) in [5, 5.41) is 3.94. The van der Waals surface area contributed by atoms with Crippen molar-refractivity contribution in [3.8, 4) is 17.2 Å². The molecule has 0 fully saturated rings. The van der Waals surface area contributed by atoms with Gasteiger partial charge in [0.2, 0.25) is 0 Å². The van der Waals surface area contributed by atoms with E-state index in [4.69, 9.17) is 14.2 Å². The van der Waals surface area contributed by atoms with E-state index < -0.39 is 0 Å². The molecule has 6 heteroatoms. The molecule has 1 atom stereocenters. The fourth-order valence-electron chi connectivity index (χ4n) is 3.26. The van der Waals surface area contributed by atoms with Gasteiger partial charge in [0.25, 0.3) is 5.91 Å². The molecule has 1 amide bonds.